The fourth-order valence-corrected chi connectivity index (χ4v) is 3.21. The van der Waals surface area contributed by atoms with Gasteiger partial charge < -0.3 is 21.1 Å². The van der Waals surface area contributed by atoms with Crippen molar-refractivity contribution in [2.45, 2.75) is 19.9 Å². The zero-order chi connectivity index (χ0) is 23.6. The molecule has 0 saturated carbocycles. The van der Waals surface area contributed by atoms with Crippen molar-refractivity contribution in [3.05, 3.63) is 94.6 Å². The van der Waals surface area contributed by atoms with Crippen LogP contribution in [0.2, 0.25) is 0 Å². The van der Waals surface area contributed by atoms with Gasteiger partial charge in [-0.3, -0.25) is 9.59 Å². The molecular weight excluding hydrogens is 418 g/mol. The molecule has 2 aromatic carbocycles. The van der Waals surface area contributed by atoms with Gasteiger partial charge in [0.2, 0.25) is 0 Å². The maximum Gasteiger partial charge on any atom is 0.267 e. The third-order valence-corrected chi connectivity index (χ3v) is 4.84. The Morgan fingerprint density at radius 1 is 1.15 bits per heavy atom. The molecule has 0 bridgehead atoms. The van der Waals surface area contributed by atoms with E-state index in [1.54, 1.807) is 18.2 Å². The van der Waals surface area contributed by atoms with Gasteiger partial charge in [0.1, 0.15) is 0 Å². The zero-order valence-electron chi connectivity index (χ0n) is 18.7. The van der Waals surface area contributed by atoms with E-state index in [0.29, 0.717) is 43.4 Å². The minimum Gasteiger partial charge on any atom is -0.480 e. The standard InChI is InChI=1S/C25H29N5O3/c1-3-33-18(2)28-22-7-4-6-19(16-22)17-30-24(31)13-12-23(29-30)20-8-10-21(11-9-20)25(32)27-15-5-14-26/h4,6-13,16,28H,2-3,5,14-15,17,26H2,1H3,(H,27,32). The summed E-state index contributed by atoms with van der Waals surface area (Å²) >= 11 is 0. The number of nitrogens with two attached hydrogens (primary N) is 1. The Balaban J connectivity index is 1.74. The summed E-state index contributed by atoms with van der Waals surface area (Å²) in [7, 11) is 0. The van der Waals surface area contributed by atoms with Gasteiger partial charge in [-0.25, -0.2) is 4.68 Å². The molecule has 0 spiro atoms. The van der Waals surface area contributed by atoms with E-state index in [2.05, 4.69) is 22.3 Å². The molecule has 1 heterocycles. The molecule has 1 aromatic heterocycles. The van der Waals surface area contributed by atoms with Crippen molar-refractivity contribution in [1.29, 1.82) is 0 Å². The molecule has 0 radical (unpaired) electrons. The number of nitrogens with one attached hydrogen (secondary N) is 2. The number of aromatic nitrogens is 2. The van der Waals surface area contributed by atoms with Crippen LogP contribution in [0.1, 0.15) is 29.3 Å². The largest absolute Gasteiger partial charge is 0.480 e. The zero-order valence-corrected chi connectivity index (χ0v) is 18.7. The van der Waals surface area contributed by atoms with Crippen LogP contribution in [-0.2, 0) is 11.3 Å². The van der Waals surface area contributed by atoms with E-state index >= 15 is 0 Å². The lowest BCUT2D eigenvalue weighted by atomic mass is 10.1. The molecule has 0 fully saturated rings. The summed E-state index contributed by atoms with van der Waals surface area (Å²) in [6.07, 6.45) is 0.732. The average molecular weight is 448 g/mol. The van der Waals surface area contributed by atoms with E-state index in [9.17, 15) is 9.59 Å². The van der Waals surface area contributed by atoms with Crippen molar-refractivity contribution < 1.29 is 9.53 Å². The van der Waals surface area contributed by atoms with Crippen molar-refractivity contribution in [2.75, 3.05) is 25.0 Å². The first-order valence-corrected chi connectivity index (χ1v) is 10.8. The number of carbonyl (C=O) groups is 1. The van der Waals surface area contributed by atoms with E-state index in [4.69, 9.17) is 10.5 Å². The quantitative estimate of drug-likeness (QED) is 0.308. The summed E-state index contributed by atoms with van der Waals surface area (Å²) < 4.78 is 6.75. The Morgan fingerprint density at radius 3 is 2.67 bits per heavy atom. The maximum absolute atomic E-state index is 12.4. The first-order valence-electron chi connectivity index (χ1n) is 10.8. The smallest absolute Gasteiger partial charge is 0.267 e. The van der Waals surface area contributed by atoms with Crippen molar-refractivity contribution >= 4 is 11.6 Å². The third kappa shape index (κ3) is 6.78. The molecule has 0 aliphatic rings. The lowest BCUT2D eigenvalue weighted by Crippen LogP contribution is -2.25. The number of anilines is 1. The lowest BCUT2D eigenvalue weighted by molar-refractivity contribution is 0.0953. The highest BCUT2D eigenvalue weighted by molar-refractivity contribution is 5.94. The number of rotatable bonds is 11. The Hall–Kier alpha value is -3.91. The van der Waals surface area contributed by atoms with Crippen molar-refractivity contribution in [2.24, 2.45) is 5.73 Å². The average Bonchev–Trinajstić information content (AvgIpc) is 2.81. The molecular formula is C25H29N5O3. The second-order valence-corrected chi connectivity index (χ2v) is 7.37. The summed E-state index contributed by atoms with van der Waals surface area (Å²) in [6, 6.07) is 17.9. The first-order chi connectivity index (χ1) is 16.0. The summed E-state index contributed by atoms with van der Waals surface area (Å²) in [6.45, 7) is 7.62. The monoisotopic (exact) mass is 447 g/mol. The van der Waals surface area contributed by atoms with E-state index in [0.717, 1.165) is 23.2 Å². The second kappa shape index (κ2) is 11.6. The normalized spacial score (nSPS) is 10.5. The molecule has 3 aromatic rings. The van der Waals surface area contributed by atoms with Crippen LogP contribution in [0.4, 0.5) is 5.69 Å². The van der Waals surface area contributed by atoms with E-state index in [1.807, 2.05) is 43.3 Å². The van der Waals surface area contributed by atoms with E-state index in [-0.39, 0.29) is 11.5 Å². The molecule has 0 aliphatic heterocycles. The van der Waals surface area contributed by atoms with Gasteiger partial charge in [0.05, 0.1) is 18.8 Å². The molecule has 3 rings (SSSR count). The minimum absolute atomic E-state index is 0.145. The molecule has 0 saturated heterocycles. The highest BCUT2D eigenvalue weighted by atomic mass is 16.5. The summed E-state index contributed by atoms with van der Waals surface area (Å²) in [5.74, 6) is 0.317. The number of carbonyl (C=O) groups excluding carboxylic acids is 1. The molecule has 4 N–H and O–H groups in total. The summed E-state index contributed by atoms with van der Waals surface area (Å²) in [4.78, 5) is 24.6. The van der Waals surface area contributed by atoms with Gasteiger partial charge in [-0.2, -0.15) is 5.10 Å². The fraction of sp³-hybridized carbons (Fsp3) is 0.240. The number of amides is 1. The Labute approximate surface area is 193 Å². The third-order valence-electron chi connectivity index (χ3n) is 4.84. The van der Waals surface area contributed by atoms with Gasteiger partial charge in [0.15, 0.2) is 5.88 Å². The molecule has 1 amide bonds. The van der Waals surface area contributed by atoms with Crippen LogP contribution in [-0.4, -0.2) is 35.4 Å². The topological polar surface area (TPSA) is 111 Å². The lowest BCUT2D eigenvalue weighted by Gasteiger charge is -2.12. The maximum atomic E-state index is 12.4. The molecule has 33 heavy (non-hydrogen) atoms. The highest BCUT2D eigenvalue weighted by Gasteiger charge is 2.08. The van der Waals surface area contributed by atoms with Gasteiger partial charge in [0.25, 0.3) is 11.5 Å². The number of nitrogens with zero attached hydrogens (tertiary/aromatic N) is 2. The summed E-state index contributed by atoms with van der Waals surface area (Å²) in [5.41, 5.74) is 8.98. The fourth-order valence-electron chi connectivity index (χ4n) is 3.21. The van der Waals surface area contributed by atoms with Crippen LogP contribution >= 0.6 is 0 Å². The first kappa shape index (κ1) is 23.7. The molecule has 172 valence electrons. The van der Waals surface area contributed by atoms with Crippen LogP contribution in [0.15, 0.2) is 77.9 Å². The number of hydrogen-bond donors (Lipinski definition) is 3. The van der Waals surface area contributed by atoms with Gasteiger partial charge in [-0.1, -0.05) is 24.3 Å². The van der Waals surface area contributed by atoms with Gasteiger partial charge in [0, 0.05) is 29.4 Å². The van der Waals surface area contributed by atoms with E-state index in [1.165, 1.54) is 10.7 Å². The van der Waals surface area contributed by atoms with Gasteiger partial charge >= 0.3 is 0 Å². The number of ether oxygens (including phenoxy) is 1. The SMILES string of the molecule is C=C(Nc1cccc(Cn2nc(-c3ccc(C(=O)NCCCN)cc3)ccc2=O)c1)OCC. The van der Waals surface area contributed by atoms with E-state index < -0.39 is 0 Å². The highest BCUT2D eigenvalue weighted by Crippen LogP contribution is 2.17. The van der Waals surface area contributed by atoms with Gasteiger partial charge in [-0.05, 0) is 62.4 Å². The van der Waals surface area contributed by atoms with Crippen molar-refractivity contribution in [1.82, 2.24) is 15.1 Å². The summed E-state index contributed by atoms with van der Waals surface area (Å²) in [5, 5.41) is 10.4. The van der Waals surface area contributed by atoms with Crippen molar-refractivity contribution in [3.63, 3.8) is 0 Å². The second-order valence-electron chi connectivity index (χ2n) is 7.37. The van der Waals surface area contributed by atoms with Crippen LogP contribution in [0.3, 0.4) is 0 Å². The van der Waals surface area contributed by atoms with Crippen LogP contribution in [0.25, 0.3) is 11.3 Å². The van der Waals surface area contributed by atoms with Crippen LogP contribution in [0, 0.1) is 0 Å². The van der Waals surface area contributed by atoms with Crippen LogP contribution < -0.4 is 21.9 Å². The van der Waals surface area contributed by atoms with Crippen LogP contribution in [0.5, 0.6) is 0 Å². The number of benzene rings is 2. The predicted molar refractivity (Wildman–Crippen MR) is 130 cm³/mol. The Bertz CT molecular complexity index is 1160. The minimum atomic E-state index is -0.202. The Morgan fingerprint density at radius 2 is 1.94 bits per heavy atom. The van der Waals surface area contributed by atoms with Gasteiger partial charge in [-0.15, -0.1) is 0 Å². The molecule has 8 heteroatoms. The molecule has 0 unspecified atom stereocenters. The molecule has 8 nitrogen and oxygen atoms in total. The molecule has 0 atom stereocenters. The number of hydrogen-bond acceptors (Lipinski definition) is 6. The van der Waals surface area contributed by atoms with Crippen molar-refractivity contribution in [3.8, 4) is 11.3 Å². The molecule has 0 aliphatic carbocycles. The Kier molecular flexibility index (Phi) is 8.37. The predicted octanol–water partition coefficient (Wildman–Crippen LogP) is 2.96.